The molecule has 0 aliphatic carbocycles. The highest BCUT2D eigenvalue weighted by atomic mass is 35.5. The Balaban J connectivity index is 2.21. The van der Waals surface area contributed by atoms with E-state index in [1.165, 1.54) is 0 Å². The molecule has 1 aliphatic rings. The van der Waals surface area contributed by atoms with E-state index >= 15 is 0 Å². The third-order valence-electron chi connectivity index (χ3n) is 3.17. The molecule has 0 aromatic carbocycles. The van der Waals surface area contributed by atoms with E-state index in [2.05, 4.69) is 14.9 Å². The van der Waals surface area contributed by atoms with Gasteiger partial charge in [0.25, 0.3) is 0 Å². The summed E-state index contributed by atoms with van der Waals surface area (Å²) < 4.78 is 11.1. The second-order valence-corrected chi connectivity index (χ2v) is 6.05. The van der Waals surface area contributed by atoms with Crippen molar-refractivity contribution in [3.8, 4) is 0 Å². The summed E-state index contributed by atoms with van der Waals surface area (Å²) in [6.45, 7) is 8.06. The van der Waals surface area contributed by atoms with E-state index in [4.69, 9.17) is 21.1 Å². The first-order valence-electron chi connectivity index (χ1n) is 7.08. The summed E-state index contributed by atoms with van der Waals surface area (Å²) in [7, 11) is 0. The molecule has 1 atom stereocenters. The van der Waals surface area contributed by atoms with Crippen LogP contribution in [0.15, 0.2) is 6.07 Å². The Hall–Kier alpha value is -0.950. The molecular weight excluding hydrogens is 294 g/mol. The van der Waals surface area contributed by atoms with Gasteiger partial charge in [-0.3, -0.25) is 0 Å². The number of halogens is 1. The Kier molecular flexibility index (Phi) is 5.37. The van der Waals surface area contributed by atoms with Crippen LogP contribution in [-0.2, 0) is 16.1 Å². The summed E-state index contributed by atoms with van der Waals surface area (Å²) in [5.74, 6) is 1.30. The zero-order chi connectivity index (χ0) is 15.5. The number of aliphatic hydroxyl groups excluding tert-OH is 1. The Morgan fingerprint density at radius 3 is 2.95 bits per heavy atom. The van der Waals surface area contributed by atoms with Crippen molar-refractivity contribution in [2.75, 3.05) is 31.2 Å². The number of aromatic nitrogens is 2. The maximum Gasteiger partial charge on any atom is 0.158 e. The maximum atomic E-state index is 9.38. The van der Waals surface area contributed by atoms with Crippen molar-refractivity contribution in [1.29, 1.82) is 0 Å². The second-order valence-electron chi connectivity index (χ2n) is 5.66. The van der Waals surface area contributed by atoms with Gasteiger partial charge in [0.15, 0.2) is 5.82 Å². The molecule has 1 unspecified atom stereocenters. The van der Waals surface area contributed by atoms with Gasteiger partial charge in [-0.25, -0.2) is 9.97 Å². The first-order chi connectivity index (χ1) is 9.93. The van der Waals surface area contributed by atoms with Gasteiger partial charge in [0.2, 0.25) is 0 Å². The molecular formula is C14H22ClN3O3. The van der Waals surface area contributed by atoms with Crippen LogP contribution in [0, 0.1) is 0 Å². The molecule has 7 heteroatoms. The number of hydrogen-bond acceptors (Lipinski definition) is 6. The summed E-state index contributed by atoms with van der Waals surface area (Å²) in [6, 6.07) is 1.73. The minimum atomic E-state index is -0.358. The molecule has 1 fully saturated rings. The Labute approximate surface area is 130 Å². The number of hydrogen-bond donors (Lipinski definition) is 1. The van der Waals surface area contributed by atoms with Gasteiger partial charge in [-0.1, -0.05) is 11.6 Å². The predicted octanol–water partition coefficient (Wildman–Crippen LogP) is 1.64. The largest absolute Gasteiger partial charge is 0.394 e. The van der Waals surface area contributed by atoms with Gasteiger partial charge < -0.3 is 19.5 Å². The van der Waals surface area contributed by atoms with Crippen LogP contribution in [0.5, 0.6) is 0 Å². The smallest absolute Gasteiger partial charge is 0.158 e. The topological polar surface area (TPSA) is 67.7 Å². The maximum absolute atomic E-state index is 9.38. The third-order valence-corrected chi connectivity index (χ3v) is 3.37. The summed E-state index contributed by atoms with van der Waals surface area (Å²) in [6.07, 6.45) is -0.238. The average molecular weight is 316 g/mol. The first-order valence-corrected chi connectivity index (χ1v) is 7.46. The molecule has 0 saturated carbocycles. The molecule has 1 aromatic rings. The quantitative estimate of drug-likeness (QED) is 0.833. The van der Waals surface area contributed by atoms with Gasteiger partial charge in [-0.2, -0.15) is 0 Å². The Morgan fingerprint density at radius 2 is 2.29 bits per heavy atom. The molecule has 118 valence electrons. The van der Waals surface area contributed by atoms with Crippen molar-refractivity contribution in [1.82, 2.24) is 9.97 Å². The van der Waals surface area contributed by atoms with E-state index < -0.39 is 0 Å². The standard InChI is InChI=1S/C14H22ClN3O3/c1-4-20-8-12-16-11(15)5-13(17-12)18-6-10(7-19)21-14(2,3)9-18/h5,10,19H,4,6-9H2,1-3H3. The molecule has 2 rings (SSSR count). The fraction of sp³-hybridized carbons (Fsp3) is 0.714. The lowest BCUT2D eigenvalue weighted by atomic mass is 10.1. The van der Waals surface area contributed by atoms with Crippen LogP contribution in [-0.4, -0.2) is 53.1 Å². The lowest BCUT2D eigenvalue weighted by Gasteiger charge is -2.42. The highest BCUT2D eigenvalue weighted by Gasteiger charge is 2.33. The van der Waals surface area contributed by atoms with Crippen LogP contribution >= 0.6 is 11.6 Å². The van der Waals surface area contributed by atoms with Crippen LogP contribution in [0.2, 0.25) is 5.15 Å². The van der Waals surface area contributed by atoms with Crippen molar-refractivity contribution < 1.29 is 14.6 Å². The van der Waals surface area contributed by atoms with Gasteiger partial charge in [0, 0.05) is 25.8 Å². The van der Waals surface area contributed by atoms with E-state index in [1.807, 2.05) is 20.8 Å². The molecule has 2 heterocycles. The number of rotatable bonds is 5. The minimum Gasteiger partial charge on any atom is -0.394 e. The fourth-order valence-electron chi connectivity index (χ4n) is 2.44. The highest BCUT2D eigenvalue weighted by molar-refractivity contribution is 6.29. The minimum absolute atomic E-state index is 0.0233. The molecule has 1 aliphatic heterocycles. The lowest BCUT2D eigenvalue weighted by Crippen LogP contribution is -2.54. The third kappa shape index (κ3) is 4.51. The average Bonchev–Trinajstić information content (AvgIpc) is 2.42. The van der Waals surface area contributed by atoms with E-state index in [0.717, 1.165) is 5.82 Å². The lowest BCUT2D eigenvalue weighted by molar-refractivity contribution is -0.101. The second kappa shape index (κ2) is 6.87. The zero-order valence-corrected chi connectivity index (χ0v) is 13.4. The van der Waals surface area contributed by atoms with E-state index in [9.17, 15) is 5.11 Å². The summed E-state index contributed by atoms with van der Waals surface area (Å²) >= 11 is 6.08. The van der Waals surface area contributed by atoms with Crippen molar-refractivity contribution in [3.63, 3.8) is 0 Å². The molecule has 0 bridgehead atoms. The summed E-state index contributed by atoms with van der Waals surface area (Å²) in [4.78, 5) is 10.7. The van der Waals surface area contributed by atoms with Crippen LogP contribution in [0.4, 0.5) is 5.82 Å². The molecule has 1 saturated heterocycles. The molecule has 1 N–H and O–H groups in total. The fourth-order valence-corrected chi connectivity index (χ4v) is 2.63. The number of ether oxygens (including phenoxy) is 2. The van der Waals surface area contributed by atoms with Crippen molar-refractivity contribution in [2.45, 2.75) is 39.1 Å². The van der Waals surface area contributed by atoms with Crippen LogP contribution in [0.25, 0.3) is 0 Å². The van der Waals surface area contributed by atoms with Gasteiger partial charge >= 0.3 is 0 Å². The van der Waals surface area contributed by atoms with Crippen LogP contribution < -0.4 is 4.90 Å². The van der Waals surface area contributed by atoms with Crippen molar-refractivity contribution in [3.05, 3.63) is 17.0 Å². The van der Waals surface area contributed by atoms with E-state index in [-0.39, 0.29) is 18.3 Å². The number of nitrogens with zero attached hydrogens (tertiary/aromatic N) is 3. The predicted molar refractivity (Wildman–Crippen MR) is 80.6 cm³/mol. The van der Waals surface area contributed by atoms with E-state index in [1.54, 1.807) is 6.07 Å². The number of aliphatic hydroxyl groups is 1. The molecule has 1 aromatic heterocycles. The molecule has 0 spiro atoms. The summed E-state index contributed by atoms with van der Waals surface area (Å²) in [5, 5.41) is 9.77. The van der Waals surface area contributed by atoms with Gasteiger partial charge in [-0.05, 0) is 20.8 Å². The van der Waals surface area contributed by atoms with Crippen molar-refractivity contribution in [2.24, 2.45) is 0 Å². The van der Waals surface area contributed by atoms with Crippen LogP contribution in [0.3, 0.4) is 0 Å². The zero-order valence-electron chi connectivity index (χ0n) is 12.7. The van der Waals surface area contributed by atoms with Gasteiger partial charge in [-0.15, -0.1) is 0 Å². The molecule has 0 radical (unpaired) electrons. The number of morpholine rings is 1. The van der Waals surface area contributed by atoms with Gasteiger partial charge in [0.1, 0.15) is 17.6 Å². The van der Waals surface area contributed by atoms with E-state index in [0.29, 0.717) is 37.3 Å². The Morgan fingerprint density at radius 1 is 1.52 bits per heavy atom. The van der Waals surface area contributed by atoms with Crippen molar-refractivity contribution >= 4 is 17.4 Å². The Bertz CT molecular complexity index is 485. The summed E-state index contributed by atoms with van der Waals surface area (Å²) in [5.41, 5.74) is -0.358. The van der Waals surface area contributed by atoms with Crippen LogP contribution in [0.1, 0.15) is 26.6 Å². The highest BCUT2D eigenvalue weighted by Crippen LogP contribution is 2.26. The first kappa shape index (κ1) is 16.4. The molecule has 21 heavy (non-hydrogen) atoms. The SMILES string of the molecule is CCOCc1nc(Cl)cc(N2CC(CO)OC(C)(C)C2)n1. The van der Waals surface area contributed by atoms with Gasteiger partial charge in [0.05, 0.1) is 18.3 Å². The monoisotopic (exact) mass is 315 g/mol. The number of anilines is 1. The molecule has 0 amide bonds. The molecule has 6 nitrogen and oxygen atoms in total. The normalized spacial score (nSPS) is 21.6.